The van der Waals surface area contributed by atoms with Crippen LogP contribution in [0.2, 0.25) is 0 Å². The number of halogens is 1. The molecule has 0 spiro atoms. The Bertz CT molecular complexity index is 501. The van der Waals surface area contributed by atoms with Crippen LogP contribution in [0.1, 0.15) is 31.7 Å². The average molecular weight is 338 g/mol. The predicted molar refractivity (Wildman–Crippen MR) is 82.4 cm³/mol. The van der Waals surface area contributed by atoms with Crippen LogP contribution in [-0.2, 0) is 16.0 Å². The van der Waals surface area contributed by atoms with Crippen molar-refractivity contribution >= 4 is 27.6 Å². The summed E-state index contributed by atoms with van der Waals surface area (Å²) in [6, 6.07) is 8.04. The first-order chi connectivity index (χ1) is 9.58. The van der Waals surface area contributed by atoms with Gasteiger partial charge in [0, 0.05) is 29.8 Å². The molecular weight excluding hydrogens is 318 g/mol. The second kappa shape index (κ2) is 7.02. The molecule has 1 aliphatic carbocycles. The molecule has 0 aliphatic heterocycles. The lowest BCUT2D eigenvalue weighted by Crippen LogP contribution is -2.38. The Labute approximate surface area is 128 Å². The van der Waals surface area contributed by atoms with Crippen molar-refractivity contribution in [3.05, 3.63) is 34.3 Å². The summed E-state index contributed by atoms with van der Waals surface area (Å²) in [7, 11) is 0. The molecule has 4 heteroatoms. The molecule has 1 N–H and O–H groups in total. The summed E-state index contributed by atoms with van der Waals surface area (Å²) in [4.78, 5) is 23.5. The molecule has 20 heavy (non-hydrogen) atoms. The molecule has 108 valence electrons. The molecule has 0 saturated heterocycles. The van der Waals surface area contributed by atoms with E-state index in [0.717, 1.165) is 10.9 Å². The Hall–Kier alpha value is -1.16. The van der Waals surface area contributed by atoms with Crippen LogP contribution in [-0.4, -0.2) is 18.2 Å². The van der Waals surface area contributed by atoms with Crippen molar-refractivity contribution in [2.45, 2.75) is 32.6 Å². The number of benzene rings is 1. The molecule has 0 radical (unpaired) electrons. The van der Waals surface area contributed by atoms with Gasteiger partial charge in [-0.3, -0.25) is 9.59 Å². The lowest BCUT2D eigenvalue weighted by molar-refractivity contribution is -0.130. The van der Waals surface area contributed by atoms with Crippen LogP contribution in [0.25, 0.3) is 0 Å². The molecule has 2 rings (SSSR count). The van der Waals surface area contributed by atoms with Gasteiger partial charge in [0.25, 0.3) is 0 Å². The lowest BCUT2D eigenvalue weighted by atomic mass is 9.79. The van der Waals surface area contributed by atoms with E-state index in [1.807, 2.05) is 25.1 Å². The normalized spacial score (nSPS) is 22.6. The van der Waals surface area contributed by atoms with E-state index in [2.05, 4.69) is 27.3 Å². The smallest absolute Gasteiger partial charge is 0.223 e. The molecule has 0 heterocycles. The van der Waals surface area contributed by atoms with Crippen molar-refractivity contribution in [3.63, 3.8) is 0 Å². The Morgan fingerprint density at radius 3 is 2.85 bits per heavy atom. The van der Waals surface area contributed by atoms with Gasteiger partial charge in [0.05, 0.1) is 0 Å². The van der Waals surface area contributed by atoms with Crippen molar-refractivity contribution in [3.8, 4) is 0 Å². The number of rotatable bonds is 4. The zero-order valence-corrected chi connectivity index (χ0v) is 13.3. The van der Waals surface area contributed by atoms with Crippen LogP contribution in [0.5, 0.6) is 0 Å². The minimum atomic E-state index is -0.00749. The maximum atomic E-state index is 12.2. The Balaban J connectivity index is 1.81. The van der Waals surface area contributed by atoms with Crippen LogP contribution in [0.4, 0.5) is 0 Å². The molecule has 1 aromatic carbocycles. The van der Waals surface area contributed by atoms with Gasteiger partial charge in [-0.25, -0.2) is 0 Å². The van der Waals surface area contributed by atoms with Crippen LogP contribution < -0.4 is 5.32 Å². The van der Waals surface area contributed by atoms with Crippen molar-refractivity contribution in [1.82, 2.24) is 5.32 Å². The van der Waals surface area contributed by atoms with Crippen LogP contribution in [0.3, 0.4) is 0 Å². The summed E-state index contributed by atoms with van der Waals surface area (Å²) in [5, 5.41) is 3.00. The van der Waals surface area contributed by atoms with Gasteiger partial charge in [0.1, 0.15) is 5.78 Å². The molecule has 1 amide bonds. The van der Waals surface area contributed by atoms with E-state index in [-0.39, 0.29) is 23.5 Å². The fourth-order valence-corrected chi connectivity index (χ4v) is 3.23. The molecule has 1 saturated carbocycles. The van der Waals surface area contributed by atoms with E-state index in [1.165, 1.54) is 5.56 Å². The van der Waals surface area contributed by atoms with Crippen molar-refractivity contribution in [1.29, 1.82) is 0 Å². The zero-order valence-electron chi connectivity index (χ0n) is 11.7. The first kappa shape index (κ1) is 15.2. The number of Topliss-reactive ketones (excluding diaryl/α,β-unsaturated/α-hetero) is 1. The molecule has 1 aromatic rings. The summed E-state index contributed by atoms with van der Waals surface area (Å²) in [5.74, 6) is 0.540. The topological polar surface area (TPSA) is 46.2 Å². The third kappa shape index (κ3) is 3.92. The Morgan fingerprint density at radius 1 is 1.40 bits per heavy atom. The van der Waals surface area contributed by atoms with Gasteiger partial charge >= 0.3 is 0 Å². The van der Waals surface area contributed by atoms with Crippen LogP contribution in [0, 0.1) is 11.8 Å². The fraction of sp³-hybridized carbons (Fsp3) is 0.500. The first-order valence-corrected chi connectivity index (χ1v) is 7.90. The number of hydrogen-bond donors (Lipinski definition) is 1. The van der Waals surface area contributed by atoms with Gasteiger partial charge in [0.2, 0.25) is 5.91 Å². The van der Waals surface area contributed by atoms with E-state index in [0.29, 0.717) is 25.8 Å². The number of carbonyl (C=O) groups excluding carboxylic acids is 2. The zero-order chi connectivity index (χ0) is 14.5. The average Bonchev–Trinajstić information content (AvgIpc) is 2.40. The fourth-order valence-electron chi connectivity index (χ4n) is 2.75. The maximum absolute atomic E-state index is 12.2. The molecular formula is C16H20BrNO2. The highest BCUT2D eigenvalue weighted by molar-refractivity contribution is 9.10. The lowest BCUT2D eigenvalue weighted by Gasteiger charge is -2.26. The molecule has 0 aromatic heterocycles. The monoisotopic (exact) mass is 337 g/mol. The van der Waals surface area contributed by atoms with E-state index in [4.69, 9.17) is 0 Å². The van der Waals surface area contributed by atoms with Gasteiger partial charge in [-0.2, -0.15) is 0 Å². The number of hydrogen-bond acceptors (Lipinski definition) is 2. The summed E-state index contributed by atoms with van der Waals surface area (Å²) in [6.45, 7) is 2.63. The second-order valence-corrected chi connectivity index (χ2v) is 6.35. The number of amides is 1. The number of carbonyl (C=O) groups is 2. The maximum Gasteiger partial charge on any atom is 0.223 e. The van der Waals surface area contributed by atoms with E-state index < -0.39 is 0 Å². The van der Waals surface area contributed by atoms with Crippen molar-refractivity contribution < 1.29 is 9.59 Å². The van der Waals surface area contributed by atoms with Gasteiger partial charge in [-0.05, 0) is 30.4 Å². The minimum Gasteiger partial charge on any atom is -0.356 e. The molecule has 2 atom stereocenters. The minimum absolute atomic E-state index is 0.00749. The third-order valence-corrected chi connectivity index (χ3v) is 4.73. The Kier molecular flexibility index (Phi) is 5.35. The largest absolute Gasteiger partial charge is 0.356 e. The van der Waals surface area contributed by atoms with Crippen molar-refractivity contribution in [2.24, 2.45) is 11.8 Å². The SMILES string of the molecule is C[C@@H]1CC(=O)CC[C@H]1C(=O)NCCc1ccccc1Br. The summed E-state index contributed by atoms with van der Waals surface area (Å²) in [5.41, 5.74) is 1.19. The summed E-state index contributed by atoms with van der Waals surface area (Å²) in [6.07, 6.45) is 2.60. The molecule has 1 fully saturated rings. The highest BCUT2D eigenvalue weighted by Crippen LogP contribution is 2.27. The number of nitrogens with one attached hydrogen (secondary N) is 1. The van der Waals surface area contributed by atoms with Crippen molar-refractivity contribution in [2.75, 3.05) is 6.54 Å². The second-order valence-electron chi connectivity index (χ2n) is 5.50. The van der Waals surface area contributed by atoms with Gasteiger partial charge < -0.3 is 5.32 Å². The van der Waals surface area contributed by atoms with Crippen LogP contribution >= 0.6 is 15.9 Å². The highest BCUT2D eigenvalue weighted by atomic mass is 79.9. The molecule has 0 unspecified atom stereocenters. The first-order valence-electron chi connectivity index (χ1n) is 7.10. The predicted octanol–water partition coefficient (Wildman–Crippen LogP) is 3.11. The summed E-state index contributed by atoms with van der Waals surface area (Å²) >= 11 is 3.51. The quantitative estimate of drug-likeness (QED) is 0.917. The molecule has 1 aliphatic rings. The van der Waals surface area contributed by atoms with E-state index in [1.54, 1.807) is 0 Å². The van der Waals surface area contributed by atoms with Gasteiger partial charge in [-0.15, -0.1) is 0 Å². The summed E-state index contributed by atoms with van der Waals surface area (Å²) < 4.78 is 1.07. The highest BCUT2D eigenvalue weighted by Gasteiger charge is 2.30. The standard InChI is InChI=1S/C16H20BrNO2/c1-11-10-13(19)6-7-14(11)16(20)18-9-8-12-4-2-3-5-15(12)17/h2-5,11,14H,6-10H2,1H3,(H,18,20)/t11-,14-/m1/s1. The van der Waals surface area contributed by atoms with E-state index >= 15 is 0 Å². The van der Waals surface area contributed by atoms with E-state index in [9.17, 15) is 9.59 Å². The van der Waals surface area contributed by atoms with Gasteiger partial charge in [-0.1, -0.05) is 41.1 Å². The third-order valence-electron chi connectivity index (χ3n) is 3.96. The molecule has 0 bridgehead atoms. The van der Waals surface area contributed by atoms with Crippen LogP contribution in [0.15, 0.2) is 28.7 Å². The van der Waals surface area contributed by atoms with Gasteiger partial charge in [0.15, 0.2) is 0 Å². The number of ketones is 1. The Morgan fingerprint density at radius 2 is 2.15 bits per heavy atom. The molecule has 3 nitrogen and oxygen atoms in total.